The van der Waals surface area contributed by atoms with E-state index in [2.05, 4.69) is 19.9 Å². The Morgan fingerprint density at radius 3 is 2.84 bits per heavy atom. The van der Waals surface area contributed by atoms with Gasteiger partial charge in [0.1, 0.15) is 0 Å². The van der Waals surface area contributed by atoms with E-state index in [4.69, 9.17) is 4.74 Å². The third kappa shape index (κ3) is 2.75. The zero-order valence-corrected chi connectivity index (χ0v) is 15.6. The standard InChI is InChI=1S/C22H32O3/c1-3-4-11-25-20-13-17-14(12-19(20)23)5-6-16-15(17)9-10-22(2)18(16)7-8-21(22)24/h12-13,15-16,18,21,23-24H,3-11H2,1-2H3/t15-,16+,18-,21-,22-/m0/s1. The Bertz CT molecular complexity index is 640. The minimum absolute atomic E-state index is 0.118. The number of fused-ring (bicyclic) bond motifs is 5. The molecule has 2 saturated carbocycles. The second kappa shape index (κ2) is 6.50. The van der Waals surface area contributed by atoms with Gasteiger partial charge in [-0.1, -0.05) is 20.3 Å². The van der Waals surface area contributed by atoms with Crippen LogP contribution in [0.4, 0.5) is 0 Å². The summed E-state index contributed by atoms with van der Waals surface area (Å²) in [4.78, 5) is 0. The number of phenolic OH excluding ortho intramolecular Hbond substituents is 1. The van der Waals surface area contributed by atoms with Crippen molar-refractivity contribution in [1.29, 1.82) is 0 Å². The summed E-state index contributed by atoms with van der Waals surface area (Å²) in [6.45, 7) is 5.14. The van der Waals surface area contributed by atoms with Gasteiger partial charge in [-0.05, 0) is 91.4 Å². The van der Waals surface area contributed by atoms with Crippen molar-refractivity contribution in [3.05, 3.63) is 23.3 Å². The second-order valence-electron chi connectivity index (χ2n) is 8.77. The van der Waals surface area contributed by atoms with E-state index >= 15 is 0 Å². The maximum absolute atomic E-state index is 10.5. The molecular formula is C22H32O3. The number of aliphatic hydroxyl groups excluding tert-OH is 1. The van der Waals surface area contributed by atoms with Crippen molar-refractivity contribution >= 4 is 0 Å². The molecule has 3 nitrogen and oxygen atoms in total. The summed E-state index contributed by atoms with van der Waals surface area (Å²) in [6.07, 6.45) is 8.65. The van der Waals surface area contributed by atoms with Crippen molar-refractivity contribution in [3.63, 3.8) is 0 Å². The molecule has 0 aliphatic heterocycles. The van der Waals surface area contributed by atoms with E-state index in [-0.39, 0.29) is 11.5 Å². The van der Waals surface area contributed by atoms with Crippen LogP contribution in [0.3, 0.4) is 0 Å². The van der Waals surface area contributed by atoms with E-state index in [1.54, 1.807) is 0 Å². The minimum Gasteiger partial charge on any atom is -0.504 e. The lowest BCUT2D eigenvalue weighted by Gasteiger charge is -2.50. The van der Waals surface area contributed by atoms with Gasteiger partial charge >= 0.3 is 0 Å². The molecule has 0 unspecified atom stereocenters. The number of aryl methyl sites for hydroxylation is 1. The van der Waals surface area contributed by atoms with Gasteiger partial charge < -0.3 is 14.9 Å². The molecule has 5 atom stereocenters. The zero-order chi connectivity index (χ0) is 17.6. The average molecular weight is 344 g/mol. The molecule has 0 heterocycles. The van der Waals surface area contributed by atoms with Crippen LogP contribution in [-0.4, -0.2) is 22.9 Å². The molecule has 0 saturated heterocycles. The van der Waals surface area contributed by atoms with Gasteiger partial charge in [0, 0.05) is 0 Å². The average Bonchev–Trinajstić information content (AvgIpc) is 2.91. The summed E-state index contributed by atoms with van der Waals surface area (Å²) in [7, 11) is 0. The van der Waals surface area contributed by atoms with Gasteiger partial charge in [0.25, 0.3) is 0 Å². The Morgan fingerprint density at radius 1 is 1.20 bits per heavy atom. The maximum atomic E-state index is 10.5. The van der Waals surface area contributed by atoms with Crippen LogP contribution < -0.4 is 4.74 Å². The highest BCUT2D eigenvalue weighted by atomic mass is 16.5. The molecule has 4 rings (SSSR count). The molecule has 0 amide bonds. The number of phenols is 1. The zero-order valence-electron chi connectivity index (χ0n) is 15.6. The molecule has 25 heavy (non-hydrogen) atoms. The lowest BCUT2D eigenvalue weighted by molar-refractivity contribution is -0.0226. The maximum Gasteiger partial charge on any atom is 0.161 e. The number of ether oxygens (including phenoxy) is 1. The van der Waals surface area contributed by atoms with Gasteiger partial charge in [-0.3, -0.25) is 0 Å². The van der Waals surface area contributed by atoms with Crippen molar-refractivity contribution in [2.75, 3.05) is 6.61 Å². The summed E-state index contributed by atoms with van der Waals surface area (Å²) in [6, 6.07) is 4.08. The monoisotopic (exact) mass is 344 g/mol. The van der Waals surface area contributed by atoms with Crippen LogP contribution >= 0.6 is 0 Å². The first-order chi connectivity index (χ1) is 12.0. The lowest BCUT2D eigenvalue weighted by atomic mass is 9.55. The van der Waals surface area contributed by atoms with Crippen LogP contribution in [0.5, 0.6) is 11.5 Å². The van der Waals surface area contributed by atoms with E-state index < -0.39 is 0 Å². The predicted molar refractivity (Wildman–Crippen MR) is 99.1 cm³/mol. The minimum atomic E-state index is -0.118. The Labute approximate surface area is 151 Å². The first kappa shape index (κ1) is 17.2. The van der Waals surface area contributed by atoms with Crippen molar-refractivity contribution < 1.29 is 14.9 Å². The summed E-state index contributed by atoms with van der Waals surface area (Å²) < 4.78 is 5.86. The third-order valence-corrected chi connectivity index (χ3v) is 7.51. The summed E-state index contributed by atoms with van der Waals surface area (Å²) in [5.74, 6) is 2.85. The Hall–Kier alpha value is -1.22. The number of rotatable bonds is 4. The van der Waals surface area contributed by atoms with Gasteiger partial charge in [-0.25, -0.2) is 0 Å². The largest absolute Gasteiger partial charge is 0.504 e. The van der Waals surface area contributed by atoms with E-state index in [1.165, 1.54) is 24.0 Å². The quantitative estimate of drug-likeness (QED) is 0.772. The predicted octanol–water partition coefficient (Wildman–Crippen LogP) is 4.79. The van der Waals surface area contributed by atoms with E-state index in [0.29, 0.717) is 35.9 Å². The molecule has 2 fully saturated rings. The highest BCUT2D eigenvalue weighted by Gasteiger charge is 2.54. The smallest absolute Gasteiger partial charge is 0.161 e. The SMILES string of the molecule is CCCCOc1cc2c(cc1O)CC[C@@H]1[C@@H]2CC[C@]2(C)[C@@H](O)CC[C@@H]12. The number of aliphatic hydroxyl groups is 1. The Balaban J connectivity index is 1.62. The topological polar surface area (TPSA) is 49.7 Å². The van der Waals surface area contributed by atoms with Crippen molar-refractivity contribution in [1.82, 2.24) is 0 Å². The van der Waals surface area contributed by atoms with Crippen LogP contribution in [0.1, 0.15) is 75.8 Å². The fourth-order valence-corrected chi connectivity index (χ4v) is 6.00. The third-order valence-electron chi connectivity index (χ3n) is 7.51. The summed E-state index contributed by atoms with van der Waals surface area (Å²) >= 11 is 0. The van der Waals surface area contributed by atoms with Gasteiger partial charge in [-0.15, -0.1) is 0 Å². The molecule has 2 N–H and O–H groups in total. The molecule has 0 radical (unpaired) electrons. The number of unbranched alkanes of at least 4 members (excludes halogenated alkanes) is 1. The molecule has 0 bridgehead atoms. The van der Waals surface area contributed by atoms with Gasteiger partial charge in [0.15, 0.2) is 11.5 Å². The highest BCUT2D eigenvalue weighted by molar-refractivity contribution is 5.49. The number of hydrogen-bond acceptors (Lipinski definition) is 3. The Morgan fingerprint density at radius 2 is 2.04 bits per heavy atom. The lowest BCUT2D eigenvalue weighted by Crippen LogP contribution is -2.43. The highest BCUT2D eigenvalue weighted by Crippen LogP contribution is 2.61. The molecule has 0 spiro atoms. The van der Waals surface area contributed by atoms with Crippen LogP contribution in [0.15, 0.2) is 12.1 Å². The molecule has 3 aliphatic carbocycles. The summed E-state index contributed by atoms with van der Waals surface area (Å²) in [5.41, 5.74) is 2.84. The first-order valence-electron chi connectivity index (χ1n) is 10.2. The molecule has 1 aromatic rings. The normalized spacial score (nSPS) is 36.4. The van der Waals surface area contributed by atoms with Crippen LogP contribution in [0, 0.1) is 17.3 Å². The molecule has 3 heteroatoms. The van der Waals surface area contributed by atoms with Crippen molar-refractivity contribution in [2.24, 2.45) is 17.3 Å². The molecule has 138 valence electrons. The molecule has 1 aromatic carbocycles. The summed E-state index contributed by atoms with van der Waals surface area (Å²) in [5, 5.41) is 20.8. The second-order valence-corrected chi connectivity index (χ2v) is 8.77. The van der Waals surface area contributed by atoms with Gasteiger partial charge in [0.05, 0.1) is 12.7 Å². The number of hydrogen-bond donors (Lipinski definition) is 2. The molecule has 0 aromatic heterocycles. The van der Waals surface area contributed by atoms with Crippen LogP contribution in [-0.2, 0) is 6.42 Å². The fourth-order valence-electron chi connectivity index (χ4n) is 6.00. The fraction of sp³-hybridized carbons (Fsp3) is 0.727. The van der Waals surface area contributed by atoms with E-state index in [0.717, 1.165) is 38.5 Å². The molecule has 3 aliphatic rings. The van der Waals surface area contributed by atoms with Gasteiger partial charge in [0.2, 0.25) is 0 Å². The van der Waals surface area contributed by atoms with Crippen molar-refractivity contribution in [3.8, 4) is 11.5 Å². The van der Waals surface area contributed by atoms with E-state index in [9.17, 15) is 10.2 Å². The first-order valence-corrected chi connectivity index (χ1v) is 10.2. The number of benzene rings is 1. The van der Waals surface area contributed by atoms with Gasteiger partial charge in [-0.2, -0.15) is 0 Å². The number of aromatic hydroxyl groups is 1. The Kier molecular flexibility index (Phi) is 4.47. The van der Waals surface area contributed by atoms with E-state index in [1.807, 2.05) is 6.07 Å². The van der Waals surface area contributed by atoms with Crippen LogP contribution in [0.2, 0.25) is 0 Å². The van der Waals surface area contributed by atoms with Crippen molar-refractivity contribution in [2.45, 2.75) is 77.2 Å². The molecular weight excluding hydrogens is 312 g/mol. The van der Waals surface area contributed by atoms with Crippen LogP contribution in [0.25, 0.3) is 0 Å².